The summed E-state index contributed by atoms with van der Waals surface area (Å²) in [4.78, 5) is 12.0. The quantitative estimate of drug-likeness (QED) is 0.621. The van der Waals surface area contributed by atoms with Gasteiger partial charge in [-0.2, -0.15) is 0 Å². The van der Waals surface area contributed by atoms with Gasteiger partial charge in [0, 0.05) is 11.6 Å². The predicted octanol–water partition coefficient (Wildman–Crippen LogP) is 3.88. The van der Waals surface area contributed by atoms with Gasteiger partial charge in [-0.15, -0.1) is 0 Å². The number of halogens is 2. The van der Waals surface area contributed by atoms with Gasteiger partial charge in [0.05, 0.1) is 19.8 Å². The number of hydrogen-bond acceptors (Lipinski definition) is 3. The molecule has 0 aliphatic heterocycles. The van der Waals surface area contributed by atoms with Crippen molar-refractivity contribution in [1.29, 1.82) is 0 Å². The van der Waals surface area contributed by atoms with Gasteiger partial charge in [0.25, 0.3) is 0 Å². The van der Waals surface area contributed by atoms with Crippen LogP contribution in [-0.4, -0.2) is 20.0 Å². The molecule has 0 saturated heterocycles. The minimum atomic E-state index is -0.896. The minimum Gasteiger partial charge on any atom is -0.493 e. The molecule has 0 amide bonds. The molecule has 0 unspecified atom stereocenters. The van der Waals surface area contributed by atoms with Crippen LogP contribution in [0.5, 0.6) is 11.5 Å². The Morgan fingerprint density at radius 2 is 1.86 bits per heavy atom. The first-order valence-electron chi connectivity index (χ1n) is 6.45. The normalized spacial score (nSPS) is 10.7. The van der Waals surface area contributed by atoms with E-state index in [1.54, 1.807) is 18.2 Å². The molecule has 2 aromatic carbocycles. The van der Waals surface area contributed by atoms with E-state index in [1.807, 2.05) is 0 Å². The number of carbonyl (C=O) groups is 1. The fraction of sp³-hybridized carbons (Fsp3) is 0.118. The van der Waals surface area contributed by atoms with Crippen LogP contribution >= 0.6 is 0 Å². The standard InChI is InChI=1S/C17H14F2O3/c1-21-16-5-3-4-11(17(16)22-2)6-9-15(20)13-8-7-12(18)10-14(13)19/h3-10H,1-2H3/b9-6+. The van der Waals surface area contributed by atoms with E-state index in [1.165, 1.54) is 26.4 Å². The van der Waals surface area contributed by atoms with Gasteiger partial charge >= 0.3 is 0 Å². The molecule has 0 saturated carbocycles. The number of rotatable bonds is 5. The van der Waals surface area contributed by atoms with Gasteiger partial charge in [0.15, 0.2) is 17.3 Å². The smallest absolute Gasteiger partial charge is 0.188 e. The maximum absolute atomic E-state index is 13.6. The lowest BCUT2D eigenvalue weighted by Crippen LogP contribution is -1.99. The van der Waals surface area contributed by atoms with Crippen LogP contribution in [0.4, 0.5) is 8.78 Å². The van der Waals surface area contributed by atoms with E-state index < -0.39 is 17.4 Å². The van der Waals surface area contributed by atoms with Crippen LogP contribution in [0.2, 0.25) is 0 Å². The topological polar surface area (TPSA) is 35.5 Å². The average molecular weight is 304 g/mol. The molecule has 0 atom stereocenters. The van der Waals surface area contributed by atoms with Crippen LogP contribution in [-0.2, 0) is 0 Å². The molecule has 0 aliphatic rings. The third-order valence-electron chi connectivity index (χ3n) is 3.04. The van der Waals surface area contributed by atoms with Crippen molar-refractivity contribution in [3.8, 4) is 11.5 Å². The second-order valence-electron chi connectivity index (χ2n) is 4.40. The summed E-state index contributed by atoms with van der Waals surface area (Å²) in [7, 11) is 2.99. The van der Waals surface area contributed by atoms with Crippen molar-refractivity contribution in [3.63, 3.8) is 0 Å². The Morgan fingerprint density at radius 3 is 2.50 bits per heavy atom. The average Bonchev–Trinajstić information content (AvgIpc) is 2.51. The van der Waals surface area contributed by atoms with Crippen molar-refractivity contribution in [2.24, 2.45) is 0 Å². The first-order chi connectivity index (χ1) is 10.6. The molecule has 3 nitrogen and oxygen atoms in total. The Morgan fingerprint density at radius 1 is 1.09 bits per heavy atom. The number of ketones is 1. The van der Waals surface area contributed by atoms with Gasteiger partial charge in [-0.05, 0) is 30.4 Å². The van der Waals surface area contributed by atoms with Crippen molar-refractivity contribution in [1.82, 2.24) is 0 Å². The summed E-state index contributed by atoms with van der Waals surface area (Å²) in [6, 6.07) is 8.01. The Kier molecular flexibility index (Phi) is 4.88. The number of hydrogen-bond donors (Lipinski definition) is 0. The molecule has 2 rings (SSSR count). The fourth-order valence-electron chi connectivity index (χ4n) is 1.99. The third-order valence-corrected chi connectivity index (χ3v) is 3.04. The molecule has 0 heterocycles. The Bertz CT molecular complexity index is 724. The summed E-state index contributed by atoms with van der Waals surface area (Å²) in [5, 5.41) is 0. The van der Waals surface area contributed by atoms with E-state index in [2.05, 4.69) is 0 Å². The van der Waals surface area contributed by atoms with Gasteiger partial charge < -0.3 is 9.47 Å². The zero-order valence-electron chi connectivity index (χ0n) is 12.1. The second kappa shape index (κ2) is 6.85. The highest BCUT2D eigenvalue weighted by Crippen LogP contribution is 2.31. The molecule has 0 bridgehead atoms. The predicted molar refractivity (Wildman–Crippen MR) is 79.3 cm³/mol. The van der Waals surface area contributed by atoms with E-state index in [4.69, 9.17) is 9.47 Å². The maximum Gasteiger partial charge on any atom is 0.188 e. The van der Waals surface area contributed by atoms with Crippen LogP contribution in [0.15, 0.2) is 42.5 Å². The summed E-state index contributed by atoms with van der Waals surface area (Å²) in [6.07, 6.45) is 2.69. The number of carbonyl (C=O) groups excluding carboxylic acids is 1. The first-order valence-corrected chi connectivity index (χ1v) is 6.45. The molecular weight excluding hydrogens is 290 g/mol. The highest BCUT2D eigenvalue weighted by atomic mass is 19.1. The van der Waals surface area contributed by atoms with Gasteiger partial charge in [-0.3, -0.25) is 4.79 Å². The molecular formula is C17H14F2O3. The monoisotopic (exact) mass is 304 g/mol. The lowest BCUT2D eigenvalue weighted by atomic mass is 10.1. The summed E-state index contributed by atoms with van der Waals surface area (Å²) >= 11 is 0. The van der Waals surface area contributed by atoms with Crippen LogP contribution in [0.1, 0.15) is 15.9 Å². The van der Waals surface area contributed by atoms with Gasteiger partial charge in [0.1, 0.15) is 11.6 Å². The lowest BCUT2D eigenvalue weighted by Gasteiger charge is -2.09. The van der Waals surface area contributed by atoms with Gasteiger partial charge in [-0.25, -0.2) is 8.78 Å². The molecule has 0 spiro atoms. The number of allylic oxidation sites excluding steroid dienone is 1. The number of benzene rings is 2. The van der Waals surface area contributed by atoms with Crippen LogP contribution in [0.3, 0.4) is 0 Å². The summed E-state index contributed by atoms with van der Waals surface area (Å²) in [6.45, 7) is 0. The summed E-state index contributed by atoms with van der Waals surface area (Å²) < 4.78 is 36.8. The Balaban J connectivity index is 2.30. The van der Waals surface area contributed by atoms with E-state index in [9.17, 15) is 13.6 Å². The van der Waals surface area contributed by atoms with Crippen molar-refractivity contribution < 1.29 is 23.0 Å². The third kappa shape index (κ3) is 3.31. The van der Waals surface area contributed by atoms with E-state index in [0.717, 1.165) is 12.1 Å². The highest BCUT2D eigenvalue weighted by molar-refractivity contribution is 6.07. The van der Waals surface area contributed by atoms with E-state index in [-0.39, 0.29) is 5.56 Å². The number of methoxy groups -OCH3 is 2. The molecule has 0 fully saturated rings. The molecule has 0 aromatic heterocycles. The molecule has 2 aromatic rings. The SMILES string of the molecule is COc1cccc(/C=C/C(=O)c2ccc(F)cc2F)c1OC. The fourth-order valence-corrected chi connectivity index (χ4v) is 1.99. The van der Waals surface area contributed by atoms with Crippen LogP contribution < -0.4 is 9.47 Å². The van der Waals surface area contributed by atoms with E-state index >= 15 is 0 Å². The Hall–Kier alpha value is -2.69. The molecule has 0 radical (unpaired) electrons. The van der Waals surface area contributed by atoms with Crippen LogP contribution in [0, 0.1) is 11.6 Å². The highest BCUT2D eigenvalue weighted by Gasteiger charge is 2.11. The number of ether oxygens (including phenoxy) is 2. The van der Waals surface area contributed by atoms with Crippen molar-refractivity contribution >= 4 is 11.9 Å². The van der Waals surface area contributed by atoms with Crippen molar-refractivity contribution in [2.75, 3.05) is 14.2 Å². The minimum absolute atomic E-state index is 0.195. The molecule has 0 N–H and O–H groups in total. The first kappa shape index (κ1) is 15.7. The molecule has 22 heavy (non-hydrogen) atoms. The van der Waals surface area contributed by atoms with E-state index in [0.29, 0.717) is 23.1 Å². The van der Waals surface area contributed by atoms with Crippen molar-refractivity contribution in [3.05, 3.63) is 65.2 Å². The van der Waals surface area contributed by atoms with Crippen molar-refractivity contribution in [2.45, 2.75) is 0 Å². The summed E-state index contributed by atoms with van der Waals surface area (Å²) in [5.74, 6) is -1.21. The van der Waals surface area contributed by atoms with Crippen LogP contribution in [0.25, 0.3) is 6.08 Å². The zero-order valence-corrected chi connectivity index (χ0v) is 12.1. The molecule has 0 aliphatic carbocycles. The Labute approximate surface area is 126 Å². The lowest BCUT2D eigenvalue weighted by molar-refractivity contribution is 0.104. The molecule has 5 heteroatoms. The van der Waals surface area contributed by atoms with Gasteiger partial charge in [0.2, 0.25) is 0 Å². The second-order valence-corrected chi connectivity index (χ2v) is 4.40. The molecule has 114 valence electrons. The number of para-hydroxylation sites is 1. The largest absolute Gasteiger partial charge is 0.493 e. The zero-order chi connectivity index (χ0) is 16.1. The maximum atomic E-state index is 13.6. The van der Waals surface area contributed by atoms with Gasteiger partial charge in [-0.1, -0.05) is 12.1 Å². The summed E-state index contributed by atoms with van der Waals surface area (Å²) in [5.41, 5.74) is 0.414.